The fourth-order valence-electron chi connectivity index (χ4n) is 2.16. The van der Waals surface area contributed by atoms with Crippen molar-refractivity contribution >= 4 is 0 Å². The van der Waals surface area contributed by atoms with Gasteiger partial charge in [-0.05, 0) is 26.7 Å². The van der Waals surface area contributed by atoms with Crippen LogP contribution in [0, 0.1) is 0 Å². The molecule has 3 nitrogen and oxygen atoms in total. The third-order valence-electron chi connectivity index (χ3n) is 2.70. The highest BCUT2D eigenvalue weighted by Gasteiger charge is 2.41. The van der Waals surface area contributed by atoms with Crippen molar-refractivity contribution in [2.75, 3.05) is 0 Å². The first kappa shape index (κ1) is 11.0. The predicted octanol–water partition coefficient (Wildman–Crippen LogP) is 0.813. The zero-order valence-electron chi connectivity index (χ0n) is 8.45. The quantitative estimate of drug-likeness (QED) is 0.601. The van der Waals surface area contributed by atoms with Crippen molar-refractivity contribution in [2.24, 2.45) is 0 Å². The van der Waals surface area contributed by atoms with E-state index in [-0.39, 0.29) is 6.42 Å². The Balaban J connectivity index is 2.62. The lowest BCUT2D eigenvalue weighted by Gasteiger charge is -2.40. The first-order valence-electron chi connectivity index (χ1n) is 4.96. The van der Waals surface area contributed by atoms with Gasteiger partial charge in [-0.25, -0.2) is 0 Å². The number of aliphatic hydroxyl groups is 3. The van der Waals surface area contributed by atoms with Crippen LogP contribution in [0.25, 0.3) is 0 Å². The monoisotopic (exact) mass is 188 g/mol. The molecule has 0 radical (unpaired) electrons. The number of hydrogen-bond donors (Lipinski definition) is 3. The molecule has 1 rings (SSSR count). The molecule has 0 spiro atoms. The molecule has 3 N–H and O–H groups in total. The summed E-state index contributed by atoms with van der Waals surface area (Å²) in [4.78, 5) is 0. The summed E-state index contributed by atoms with van der Waals surface area (Å²) in [6, 6.07) is 0. The maximum Gasteiger partial charge on any atom is 0.0932 e. The number of hydrogen-bond acceptors (Lipinski definition) is 3. The van der Waals surface area contributed by atoms with Gasteiger partial charge < -0.3 is 15.3 Å². The van der Waals surface area contributed by atoms with Crippen LogP contribution in [-0.2, 0) is 0 Å². The Morgan fingerprint density at radius 2 is 2.00 bits per heavy atom. The fourth-order valence-corrected chi connectivity index (χ4v) is 2.16. The Hall–Kier alpha value is -0.120. The Morgan fingerprint density at radius 3 is 2.46 bits per heavy atom. The highest BCUT2D eigenvalue weighted by atomic mass is 16.3. The normalized spacial score (nSPS) is 36.2. The molecule has 78 valence electrons. The van der Waals surface area contributed by atoms with Gasteiger partial charge in [-0.1, -0.05) is 12.8 Å². The minimum absolute atomic E-state index is 0.251. The summed E-state index contributed by atoms with van der Waals surface area (Å²) in [7, 11) is 0. The van der Waals surface area contributed by atoms with Crippen molar-refractivity contribution in [3.8, 4) is 0 Å². The summed E-state index contributed by atoms with van der Waals surface area (Å²) < 4.78 is 0. The number of aliphatic hydroxyl groups excluding tert-OH is 1. The van der Waals surface area contributed by atoms with Crippen LogP contribution in [0.3, 0.4) is 0 Å². The van der Waals surface area contributed by atoms with Crippen LogP contribution in [0.4, 0.5) is 0 Å². The Labute approximate surface area is 79.4 Å². The Kier molecular flexibility index (Phi) is 3.00. The maximum atomic E-state index is 10.1. The van der Waals surface area contributed by atoms with Crippen molar-refractivity contribution in [3.05, 3.63) is 0 Å². The SMILES string of the molecule is CC(C)(O)CC1(O)CCCCC1O. The summed E-state index contributed by atoms with van der Waals surface area (Å²) in [5, 5.41) is 29.3. The highest BCUT2D eigenvalue weighted by Crippen LogP contribution is 2.34. The molecule has 0 aromatic rings. The van der Waals surface area contributed by atoms with E-state index in [0.717, 1.165) is 12.8 Å². The third kappa shape index (κ3) is 2.93. The molecule has 0 aromatic heterocycles. The summed E-state index contributed by atoms with van der Waals surface area (Å²) in [5.74, 6) is 0. The average Bonchev–Trinajstić information content (AvgIpc) is 1.92. The smallest absolute Gasteiger partial charge is 0.0932 e. The summed E-state index contributed by atoms with van der Waals surface area (Å²) >= 11 is 0. The lowest BCUT2D eigenvalue weighted by atomic mass is 9.76. The minimum atomic E-state index is -1.07. The van der Waals surface area contributed by atoms with Gasteiger partial charge in [0.25, 0.3) is 0 Å². The molecule has 0 aromatic carbocycles. The van der Waals surface area contributed by atoms with Crippen LogP contribution in [-0.4, -0.2) is 32.6 Å². The summed E-state index contributed by atoms with van der Waals surface area (Å²) in [5.41, 5.74) is -1.98. The van der Waals surface area contributed by atoms with Crippen LogP contribution < -0.4 is 0 Å². The molecular weight excluding hydrogens is 168 g/mol. The lowest BCUT2D eigenvalue weighted by Crippen LogP contribution is -2.49. The Morgan fingerprint density at radius 1 is 1.38 bits per heavy atom. The fraction of sp³-hybridized carbons (Fsp3) is 1.00. The van der Waals surface area contributed by atoms with Gasteiger partial charge in [-0.2, -0.15) is 0 Å². The second kappa shape index (κ2) is 3.56. The highest BCUT2D eigenvalue weighted by molar-refractivity contribution is 4.93. The molecular formula is C10H20O3. The van der Waals surface area contributed by atoms with Gasteiger partial charge in [-0.15, -0.1) is 0 Å². The van der Waals surface area contributed by atoms with Crippen LogP contribution in [0.15, 0.2) is 0 Å². The van der Waals surface area contributed by atoms with E-state index in [1.165, 1.54) is 0 Å². The van der Waals surface area contributed by atoms with Gasteiger partial charge in [0.1, 0.15) is 0 Å². The first-order valence-corrected chi connectivity index (χ1v) is 4.96. The van der Waals surface area contributed by atoms with Crippen molar-refractivity contribution in [3.63, 3.8) is 0 Å². The van der Waals surface area contributed by atoms with Crippen molar-refractivity contribution in [1.82, 2.24) is 0 Å². The molecule has 2 unspecified atom stereocenters. The number of rotatable bonds is 2. The van der Waals surface area contributed by atoms with E-state index >= 15 is 0 Å². The molecule has 3 heteroatoms. The van der Waals surface area contributed by atoms with E-state index in [2.05, 4.69) is 0 Å². The topological polar surface area (TPSA) is 60.7 Å². The molecule has 2 atom stereocenters. The molecule has 1 aliphatic rings. The van der Waals surface area contributed by atoms with E-state index in [0.29, 0.717) is 12.8 Å². The molecule has 0 heterocycles. The van der Waals surface area contributed by atoms with Crippen LogP contribution in [0.2, 0.25) is 0 Å². The van der Waals surface area contributed by atoms with Gasteiger partial charge >= 0.3 is 0 Å². The third-order valence-corrected chi connectivity index (χ3v) is 2.70. The van der Waals surface area contributed by atoms with E-state index in [4.69, 9.17) is 0 Å². The summed E-state index contributed by atoms with van der Waals surface area (Å²) in [6.07, 6.45) is 2.72. The first-order chi connectivity index (χ1) is 5.83. The molecule has 13 heavy (non-hydrogen) atoms. The molecule has 0 aliphatic heterocycles. The van der Waals surface area contributed by atoms with Gasteiger partial charge in [0.2, 0.25) is 0 Å². The molecule has 1 fully saturated rings. The van der Waals surface area contributed by atoms with Gasteiger partial charge in [0.05, 0.1) is 17.3 Å². The Bertz CT molecular complexity index is 173. The van der Waals surface area contributed by atoms with E-state index in [1.54, 1.807) is 13.8 Å². The molecule has 1 aliphatic carbocycles. The van der Waals surface area contributed by atoms with Gasteiger partial charge in [0.15, 0.2) is 0 Å². The van der Waals surface area contributed by atoms with E-state index < -0.39 is 17.3 Å². The second-order valence-corrected chi connectivity index (χ2v) is 4.85. The maximum absolute atomic E-state index is 10.1. The van der Waals surface area contributed by atoms with Gasteiger partial charge in [0, 0.05) is 6.42 Å². The lowest BCUT2D eigenvalue weighted by molar-refractivity contribution is -0.136. The van der Waals surface area contributed by atoms with Crippen molar-refractivity contribution < 1.29 is 15.3 Å². The van der Waals surface area contributed by atoms with Crippen molar-refractivity contribution in [1.29, 1.82) is 0 Å². The average molecular weight is 188 g/mol. The van der Waals surface area contributed by atoms with Gasteiger partial charge in [-0.3, -0.25) is 0 Å². The zero-order valence-corrected chi connectivity index (χ0v) is 8.45. The molecule has 0 bridgehead atoms. The second-order valence-electron chi connectivity index (χ2n) is 4.85. The molecule has 1 saturated carbocycles. The molecule has 0 amide bonds. The standard InChI is InChI=1S/C10H20O3/c1-9(2,12)7-10(13)6-4-3-5-8(10)11/h8,11-13H,3-7H2,1-2H3. The van der Waals surface area contributed by atoms with Crippen LogP contribution >= 0.6 is 0 Å². The van der Waals surface area contributed by atoms with E-state index in [1.807, 2.05) is 0 Å². The minimum Gasteiger partial charge on any atom is -0.390 e. The van der Waals surface area contributed by atoms with Crippen LogP contribution in [0.5, 0.6) is 0 Å². The van der Waals surface area contributed by atoms with Crippen molar-refractivity contribution in [2.45, 2.75) is 63.3 Å². The zero-order chi connectivity index (χ0) is 10.1. The largest absolute Gasteiger partial charge is 0.390 e. The molecule has 0 saturated heterocycles. The summed E-state index contributed by atoms with van der Waals surface area (Å²) in [6.45, 7) is 3.32. The predicted molar refractivity (Wildman–Crippen MR) is 50.3 cm³/mol. The van der Waals surface area contributed by atoms with E-state index in [9.17, 15) is 15.3 Å². The van der Waals surface area contributed by atoms with Crippen LogP contribution in [0.1, 0.15) is 46.0 Å².